The molecule has 0 N–H and O–H groups in total. The number of hydrogen-bond donors (Lipinski definition) is 0. The summed E-state index contributed by atoms with van der Waals surface area (Å²) in [5.41, 5.74) is 1.78. The van der Waals surface area contributed by atoms with Crippen LogP contribution in [-0.2, 0) is 11.4 Å². The molecule has 0 atom stereocenters. The highest BCUT2D eigenvalue weighted by molar-refractivity contribution is 7.17. The second-order valence-electron chi connectivity index (χ2n) is 5.26. The number of aromatic nitrogens is 1. The Morgan fingerprint density at radius 2 is 2.08 bits per heavy atom. The zero-order chi connectivity index (χ0) is 17.1. The fourth-order valence-corrected chi connectivity index (χ4v) is 3.21. The molecule has 0 aliphatic heterocycles. The molecule has 3 rings (SSSR count). The van der Waals surface area contributed by atoms with Gasteiger partial charge in [-0.2, -0.15) is 0 Å². The lowest BCUT2D eigenvalue weighted by atomic mass is 10.2. The Balaban J connectivity index is 1.77. The van der Waals surface area contributed by atoms with Crippen molar-refractivity contribution in [1.82, 2.24) is 4.98 Å². The van der Waals surface area contributed by atoms with E-state index >= 15 is 0 Å². The summed E-state index contributed by atoms with van der Waals surface area (Å²) in [5, 5.41) is 2.72. The van der Waals surface area contributed by atoms with Gasteiger partial charge in [0.15, 0.2) is 0 Å². The van der Waals surface area contributed by atoms with Crippen LogP contribution < -0.4 is 14.2 Å². The van der Waals surface area contributed by atoms with Crippen LogP contribution in [-0.4, -0.2) is 18.1 Å². The molecule has 5 nitrogen and oxygen atoms in total. The molecule has 0 amide bonds. The number of methoxy groups -OCH3 is 1. The molecule has 0 radical (unpaired) electrons. The minimum atomic E-state index is -0.325. The second-order valence-corrected chi connectivity index (χ2v) is 6.17. The number of hydrogen-bond acceptors (Lipinski definition) is 6. The SMILES string of the molecule is COc1nc(C)ccc1COc1ccc2c(OC(C)=O)csc2c1. The normalized spacial score (nSPS) is 10.6. The van der Waals surface area contributed by atoms with E-state index in [2.05, 4.69) is 4.98 Å². The van der Waals surface area contributed by atoms with E-state index in [4.69, 9.17) is 14.2 Å². The van der Waals surface area contributed by atoms with Crippen molar-refractivity contribution in [3.8, 4) is 17.4 Å². The molecule has 0 bridgehead atoms. The Morgan fingerprint density at radius 1 is 1.25 bits per heavy atom. The molecule has 0 saturated heterocycles. The van der Waals surface area contributed by atoms with Crippen molar-refractivity contribution < 1.29 is 19.0 Å². The third kappa shape index (κ3) is 3.49. The zero-order valence-corrected chi connectivity index (χ0v) is 14.5. The third-order valence-corrected chi connectivity index (χ3v) is 4.35. The van der Waals surface area contributed by atoms with Gasteiger partial charge in [0.25, 0.3) is 0 Å². The Bertz CT molecular complexity index is 888. The van der Waals surface area contributed by atoms with Gasteiger partial charge in [0.05, 0.1) is 12.7 Å². The molecular weight excluding hydrogens is 326 g/mol. The third-order valence-electron chi connectivity index (χ3n) is 3.43. The molecule has 0 spiro atoms. The quantitative estimate of drug-likeness (QED) is 0.652. The Labute approximate surface area is 143 Å². The molecule has 124 valence electrons. The van der Waals surface area contributed by atoms with Gasteiger partial charge in [0, 0.05) is 28.1 Å². The Morgan fingerprint density at radius 3 is 2.83 bits per heavy atom. The lowest BCUT2D eigenvalue weighted by molar-refractivity contribution is -0.131. The molecule has 0 aliphatic rings. The summed E-state index contributed by atoms with van der Waals surface area (Å²) in [6.45, 7) is 3.67. The number of fused-ring (bicyclic) bond motifs is 1. The van der Waals surface area contributed by atoms with E-state index in [1.807, 2.05) is 42.6 Å². The minimum absolute atomic E-state index is 0.325. The van der Waals surface area contributed by atoms with Gasteiger partial charge < -0.3 is 14.2 Å². The lowest BCUT2D eigenvalue weighted by Gasteiger charge is -2.10. The van der Waals surface area contributed by atoms with Crippen LogP contribution in [0.2, 0.25) is 0 Å². The van der Waals surface area contributed by atoms with Crippen LogP contribution in [0.15, 0.2) is 35.7 Å². The first-order valence-corrected chi connectivity index (χ1v) is 8.28. The van der Waals surface area contributed by atoms with Gasteiger partial charge in [0.2, 0.25) is 5.88 Å². The van der Waals surface area contributed by atoms with Gasteiger partial charge in [-0.3, -0.25) is 4.79 Å². The van der Waals surface area contributed by atoms with E-state index in [1.165, 1.54) is 18.3 Å². The highest BCUT2D eigenvalue weighted by Gasteiger charge is 2.10. The van der Waals surface area contributed by atoms with Gasteiger partial charge in [0.1, 0.15) is 18.1 Å². The van der Waals surface area contributed by atoms with Crippen molar-refractivity contribution in [3.63, 3.8) is 0 Å². The predicted octanol–water partition coefficient (Wildman–Crippen LogP) is 4.12. The van der Waals surface area contributed by atoms with Gasteiger partial charge >= 0.3 is 5.97 Å². The molecule has 1 aromatic carbocycles. The number of benzene rings is 1. The molecule has 6 heteroatoms. The molecule has 0 saturated carbocycles. The van der Waals surface area contributed by atoms with Gasteiger partial charge in [-0.1, -0.05) is 0 Å². The van der Waals surface area contributed by atoms with Crippen LogP contribution in [0.3, 0.4) is 0 Å². The maximum atomic E-state index is 11.1. The van der Waals surface area contributed by atoms with Crippen LogP contribution in [0.5, 0.6) is 17.4 Å². The largest absolute Gasteiger partial charge is 0.489 e. The number of aryl methyl sites for hydroxylation is 1. The monoisotopic (exact) mass is 343 g/mol. The zero-order valence-electron chi connectivity index (χ0n) is 13.7. The maximum absolute atomic E-state index is 11.1. The Hall–Kier alpha value is -2.60. The van der Waals surface area contributed by atoms with Crippen LogP contribution in [0, 0.1) is 6.92 Å². The van der Waals surface area contributed by atoms with Crippen LogP contribution in [0.4, 0.5) is 0 Å². The van der Waals surface area contributed by atoms with E-state index in [9.17, 15) is 4.79 Å². The highest BCUT2D eigenvalue weighted by Crippen LogP contribution is 2.35. The van der Waals surface area contributed by atoms with Crippen molar-refractivity contribution >= 4 is 27.4 Å². The second kappa shape index (κ2) is 6.88. The summed E-state index contributed by atoms with van der Waals surface area (Å²) < 4.78 is 17.3. The van der Waals surface area contributed by atoms with Crippen molar-refractivity contribution in [2.45, 2.75) is 20.5 Å². The lowest BCUT2D eigenvalue weighted by Crippen LogP contribution is -2.01. The van der Waals surface area contributed by atoms with E-state index < -0.39 is 0 Å². The van der Waals surface area contributed by atoms with Crippen molar-refractivity contribution in [2.24, 2.45) is 0 Å². The fraction of sp³-hybridized carbons (Fsp3) is 0.222. The topological polar surface area (TPSA) is 57.6 Å². The highest BCUT2D eigenvalue weighted by atomic mass is 32.1. The molecule has 0 fully saturated rings. The van der Waals surface area contributed by atoms with E-state index in [-0.39, 0.29) is 5.97 Å². The number of nitrogens with zero attached hydrogens (tertiary/aromatic N) is 1. The summed E-state index contributed by atoms with van der Waals surface area (Å²) in [4.78, 5) is 15.4. The van der Waals surface area contributed by atoms with Crippen LogP contribution in [0.1, 0.15) is 18.2 Å². The number of carbonyl (C=O) groups excluding carboxylic acids is 1. The maximum Gasteiger partial charge on any atom is 0.308 e. The molecule has 24 heavy (non-hydrogen) atoms. The summed E-state index contributed by atoms with van der Waals surface area (Å²) in [7, 11) is 1.60. The van der Waals surface area contributed by atoms with Crippen molar-refractivity contribution in [1.29, 1.82) is 0 Å². The van der Waals surface area contributed by atoms with Crippen molar-refractivity contribution in [2.75, 3.05) is 7.11 Å². The molecule has 2 heterocycles. The predicted molar refractivity (Wildman–Crippen MR) is 93.0 cm³/mol. The summed E-state index contributed by atoms with van der Waals surface area (Å²) >= 11 is 1.51. The Kier molecular flexibility index (Phi) is 4.66. The number of rotatable bonds is 5. The smallest absolute Gasteiger partial charge is 0.308 e. The van der Waals surface area contributed by atoms with Gasteiger partial charge in [-0.05, 0) is 37.3 Å². The van der Waals surface area contributed by atoms with Crippen LogP contribution in [0.25, 0.3) is 10.1 Å². The van der Waals surface area contributed by atoms with E-state index in [0.717, 1.165) is 27.1 Å². The summed E-state index contributed by atoms with van der Waals surface area (Å²) in [6.07, 6.45) is 0. The fourth-order valence-electron chi connectivity index (χ4n) is 2.32. The van der Waals surface area contributed by atoms with Gasteiger partial charge in [-0.25, -0.2) is 4.98 Å². The number of carbonyl (C=O) groups is 1. The number of thiophene rings is 1. The number of ether oxygens (including phenoxy) is 3. The molecule has 0 aliphatic carbocycles. The summed E-state index contributed by atoms with van der Waals surface area (Å²) in [5.74, 6) is 1.57. The minimum Gasteiger partial charge on any atom is -0.489 e. The van der Waals surface area contributed by atoms with E-state index in [0.29, 0.717) is 18.2 Å². The number of pyridine rings is 1. The van der Waals surface area contributed by atoms with Gasteiger partial charge in [-0.15, -0.1) is 11.3 Å². The summed E-state index contributed by atoms with van der Waals surface area (Å²) in [6, 6.07) is 9.56. The van der Waals surface area contributed by atoms with Crippen molar-refractivity contribution in [3.05, 3.63) is 47.0 Å². The average Bonchev–Trinajstić information content (AvgIpc) is 2.95. The first-order valence-electron chi connectivity index (χ1n) is 7.40. The number of esters is 1. The molecule has 2 aromatic heterocycles. The standard InChI is InChI=1S/C18H17NO4S/c1-11-4-5-13(18(19-11)21-3)9-22-14-6-7-15-16(23-12(2)20)10-24-17(15)8-14/h4-8,10H,9H2,1-3H3. The molecule has 0 unspecified atom stereocenters. The average molecular weight is 343 g/mol. The van der Waals surface area contributed by atoms with E-state index in [1.54, 1.807) is 7.11 Å². The van der Waals surface area contributed by atoms with Crippen LogP contribution >= 0.6 is 11.3 Å². The molecule has 3 aromatic rings. The molecular formula is C18H17NO4S. The first kappa shape index (κ1) is 16.3. The first-order chi connectivity index (χ1) is 11.6.